The standard InChI is InChI=1S/C63H45N3/c1-38-60(44-25-24-39-14-4-5-16-41(39)34-44)50-20-9-12-22-55(50)64-62(38)66-58-32-28-43(36-52(58)61-46-17-7-6-15-40(46)26-33-59(61)66)42-27-31-57-51(35-42)49-19-10-13-23-56(49)65(57)45-29-30-48-47-18-8-11-21-53(47)63(2,3)54(48)37-45/h5-13,15-37H,4,14H2,1-3H3. The first-order valence-electron chi connectivity index (χ1n) is 23.3. The van der Waals surface area contributed by atoms with Crippen molar-refractivity contribution in [3.63, 3.8) is 0 Å². The van der Waals surface area contributed by atoms with Crippen molar-refractivity contribution in [1.29, 1.82) is 0 Å². The minimum atomic E-state index is -0.0778. The lowest BCUT2D eigenvalue weighted by atomic mass is 9.82. The van der Waals surface area contributed by atoms with E-state index in [0.717, 1.165) is 35.2 Å². The average Bonchev–Trinajstić information content (AvgIpc) is 3.96. The summed E-state index contributed by atoms with van der Waals surface area (Å²) in [6.07, 6.45) is 6.78. The van der Waals surface area contributed by atoms with Crippen molar-refractivity contribution < 1.29 is 0 Å². The molecule has 0 saturated carbocycles. The molecular weight excluding hydrogens is 799 g/mol. The van der Waals surface area contributed by atoms with Crippen LogP contribution < -0.4 is 0 Å². The molecule has 0 radical (unpaired) electrons. The van der Waals surface area contributed by atoms with E-state index in [4.69, 9.17) is 4.98 Å². The maximum atomic E-state index is 5.53. The highest BCUT2D eigenvalue weighted by Gasteiger charge is 2.35. The van der Waals surface area contributed by atoms with Gasteiger partial charge in [0, 0.05) is 43.6 Å². The van der Waals surface area contributed by atoms with E-state index >= 15 is 0 Å². The van der Waals surface area contributed by atoms with Crippen molar-refractivity contribution in [3.8, 4) is 44.9 Å². The van der Waals surface area contributed by atoms with E-state index in [1.807, 2.05) is 0 Å². The minimum absolute atomic E-state index is 0.0778. The van der Waals surface area contributed by atoms with E-state index in [1.54, 1.807) is 0 Å². The van der Waals surface area contributed by atoms with Crippen LogP contribution in [0, 0.1) is 6.92 Å². The van der Waals surface area contributed by atoms with Crippen LogP contribution in [0.1, 0.15) is 48.1 Å². The zero-order valence-electron chi connectivity index (χ0n) is 37.2. The van der Waals surface area contributed by atoms with Crippen LogP contribution in [0.3, 0.4) is 0 Å². The smallest absolute Gasteiger partial charge is 0.141 e. The molecule has 0 spiro atoms. The van der Waals surface area contributed by atoms with E-state index < -0.39 is 0 Å². The summed E-state index contributed by atoms with van der Waals surface area (Å²) >= 11 is 0. The van der Waals surface area contributed by atoms with Gasteiger partial charge in [-0.05, 0) is 147 Å². The van der Waals surface area contributed by atoms with Gasteiger partial charge >= 0.3 is 0 Å². The van der Waals surface area contributed by atoms with Gasteiger partial charge in [-0.15, -0.1) is 0 Å². The lowest BCUT2D eigenvalue weighted by Crippen LogP contribution is -2.15. The lowest BCUT2D eigenvalue weighted by Gasteiger charge is -2.22. The molecule has 3 nitrogen and oxygen atoms in total. The number of hydrogen-bond acceptors (Lipinski definition) is 1. The number of aromatic nitrogens is 3. The maximum absolute atomic E-state index is 5.53. The highest BCUT2D eigenvalue weighted by molar-refractivity contribution is 6.22. The first kappa shape index (κ1) is 37.4. The van der Waals surface area contributed by atoms with E-state index in [9.17, 15) is 0 Å². The summed E-state index contributed by atoms with van der Waals surface area (Å²) in [6, 6.07) is 68.1. The largest absolute Gasteiger partial charge is 0.309 e. The summed E-state index contributed by atoms with van der Waals surface area (Å²) in [4.78, 5) is 5.53. The molecule has 14 rings (SSSR count). The summed E-state index contributed by atoms with van der Waals surface area (Å²) < 4.78 is 4.89. The Labute approximate surface area is 383 Å². The zero-order valence-corrected chi connectivity index (χ0v) is 37.2. The Morgan fingerprint density at radius 1 is 0.500 bits per heavy atom. The van der Waals surface area contributed by atoms with E-state index in [0.29, 0.717) is 0 Å². The fourth-order valence-electron chi connectivity index (χ4n) is 11.9. The SMILES string of the molecule is Cc1c(-n2c3ccc(-c4ccc5c(c4)c4ccccc4n5-c4ccc5c(c4)C(C)(C)c4ccccc4-5)cc3c3c4ccccc4ccc32)nc2ccccc2c1-c1ccc2c(c1)C=CCC2. The molecule has 0 amide bonds. The molecule has 2 aliphatic carbocycles. The number of para-hydroxylation sites is 2. The molecule has 0 saturated heterocycles. The van der Waals surface area contributed by atoms with Crippen molar-refractivity contribution in [2.45, 2.75) is 39.0 Å². The summed E-state index contributed by atoms with van der Waals surface area (Å²) in [5.41, 5.74) is 21.1. The number of aryl methyl sites for hydroxylation is 1. The van der Waals surface area contributed by atoms with Gasteiger partial charge in [-0.1, -0.05) is 147 Å². The quantitative estimate of drug-likeness (QED) is 0.173. The molecule has 0 fully saturated rings. The number of benzene rings is 9. The Kier molecular flexibility index (Phi) is 7.79. The topological polar surface area (TPSA) is 22.8 Å². The molecule has 66 heavy (non-hydrogen) atoms. The predicted molar refractivity (Wildman–Crippen MR) is 278 cm³/mol. The van der Waals surface area contributed by atoms with E-state index in [2.05, 4.69) is 224 Å². The first-order chi connectivity index (χ1) is 32.4. The molecule has 0 bridgehead atoms. The van der Waals surface area contributed by atoms with Crippen LogP contribution in [0.25, 0.3) is 116 Å². The van der Waals surface area contributed by atoms with Crippen molar-refractivity contribution in [3.05, 3.63) is 216 Å². The molecule has 2 aliphatic rings. The van der Waals surface area contributed by atoms with Crippen molar-refractivity contribution >= 4 is 71.4 Å². The fourth-order valence-corrected chi connectivity index (χ4v) is 11.9. The molecule has 0 unspecified atom stereocenters. The van der Waals surface area contributed by atoms with Crippen molar-refractivity contribution in [2.24, 2.45) is 0 Å². The predicted octanol–water partition coefficient (Wildman–Crippen LogP) is 16.5. The van der Waals surface area contributed by atoms with Crippen LogP contribution in [0.5, 0.6) is 0 Å². The van der Waals surface area contributed by atoms with Gasteiger partial charge in [0.25, 0.3) is 0 Å². The van der Waals surface area contributed by atoms with Crippen LogP contribution in [0.4, 0.5) is 0 Å². The number of hydrogen-bond donors (Lipinski definition) is 0. The maximum Gasteiger partial charge on any atom is 0.141 e. The normalized spacial score (nSPS) is 13.9. The summed E-state index contributed by atoms with van der Waals surface area (Å²) in [5.74, 6) is 0.966. The van der Waals surface area contributed by atoms with Gasteiger partial charge in [0.15, 0.2) is 0 Å². The van der Waals surface area contributed by atoms with Gasteiger partial charge < -0.3 is 4.57 Å². The second-order valence-electron chi connectivity index (χ2n) is 19.0. The van der Waals surface area contributed by atoms with Gasteiger partial charge in [-0.3, -0.25) is 4.57 Å². The Morgan fingerprint density at radius 2 is 1.18 bits per heavy atom. The minimum Gasteiger partial charge on any atom is -0.309 e. The molecule has 3 heteroatoms. The number of allylic oxidation sites excluding steroid dienone is 1. The third kappa shape index (κ3) is 5.23. The highest BCUT2D eigenvalue weighted by atomic mass is 15.1. The Balaban J connectivity index is 0.969. The molecule has 3 aromatic heterocycles. The third-order valence-corrected chi connectivity index (χ3v) is 15.1. The van der Waals surface area contributed by atoms with Crippen molar-refractivity contribution in [2.75, 3.05) is 0 Å². The molecule has 0 aliphatic heterocycles. The van der Waals surface area contributed by atoms with Gasteiger partial charge in [-0.25, -0.2) is 4.98 Å². The summed E-state index contributed by atoms with van der Waals surface area (Å²) in [5, 5.41) is 8.63. The van der Waals surface area contributed by atoms with Crippen LogP contribution in [0.15, 0.2) is 188 Å². The number of fused-ring (bicyclic) bond motifs is 13. The Morgan fingerprint density at radius 3 is 2.06 bits per heavy atom. The van der Waals surface area contributed by atoms with Gasteiger partial charge in [0.05, 0.1) is 27.6 Å². The van der Waals surface area contributed by atoms with E-state index in [1.165, 1.54) is 116 Å². The van der Waals surface area contributed by atoms with Crippen molar-refractivity contribution in [1.82, 2.24) is 14.1 Å². The second-order valence-corrected chi connectivity index (χ2v) is 19.0. The van der Waals surface area contributed by atoms with E-state index in [-0.39, 0.29) is 5.41 Å². The van der Waals surface area contributed by atoms with Gasteiger partial charge in [0.1, 0.15) is 5.82 Å². The number of rotatable bonds is 4. The molecular formula is C63H45N3. The van der Waals surface area contributed by atoms with Crippen LogP contribution in [0.2, 0.25) is 0 Å². The van der Waals surface area contributed by atoms with Crippen LogP contribution in [-0.4, -0.2) is 14.1 Å². The highest BCUT2D eigenvalue weighted by Crippen LogP contribution is 2.50. The fraction of sp³-hybridized carbons (Fsp3) is 0.0952. The number of nitrogens with zero attached hydrogens (tertiary/aromatic N) is 3. The summed E-state index contributed by atoms with van der Waals surface area (Å²) in [7, 11) is 0. The molecule has 0 N–H and O–H groups in total. The van der Waals surface area contributed by atoms with Crippen LogP contribution >= 0.6 is 0 Å². The molecule has 0 atom stereocenters. The van der Waals surface area contributed by atoms with Crippen LogP contribution in [-0.2, 0) is 11.8 Å². The van der Waals surface area contributed by atoms with Gasteiger partial charge in [0.2, 0.25) is 0 Å². The molecule has 12 aromatic rings. The Bertz CT molecular complexity index is 4100. The first-order valence-corrected chi connectivity index (χ1v) is 23.3. The Hall–Kier alpha value is -8.01. The average molecular weight is 844 g/mol. The van der Waals surface area contributed by atoms with Gasteiger partial charge in [-0.2, -0.15) is 0 Å². The number of pyridine rings is 1. The molecule has 312 valence electrons. The molecule has 3 heterocycles. The summed E-state index contributed by atoms with van der Waals surface area (Å²) in [6.45, 7) is 6.99. The zero-order chi connectivity index (χ0) is 43.8. The molecule has 9 aromatic carbocycles. The monoisotopic (exact) mass is 843 g/mol. The third-order valence-electron chi connectivity index (χ3n) is 15.1. The second kappa shape index (κ2) is 13.7. The lowest BCUT2D eigenvalue weighted by molar-refractivity contribution is 0.660.